The first-order valence-corrected chi connectivity index (χ1v) is 8.93. The number of alkyl halides is 2. The number of aromatic nitrogens is 3. The molecule has 0 bridgehead atoms. The number of fused-ring (bicyclic) bond motifs is 1. The van der Waals surface area contributed by atoms with Crippen molar-refractivity contribution in [3.8, 4) is 10.6 Å². The van der Waals surface area contributed by atoms with Crippen LogP contribution in [0.1, 0.15) is 22.9 Å². The number of esters is 1. The van der Waals surface area contributed by atoms with Crippen LogP contribution in [0.3, 0.4) is 0 Å². The molecule has 4 rings (SSSR count). The van der Waals surface area contributed by atoms with Gasteiger partial charge in [0.2, 0.25) is 0 Å². The summed E-state index contributed by atoms with van der Waals surface area (Å²) in [6.45, 7) is -3.15. The first-order chi connectivity index (χ1) is 13.1. The van der Waals surface area contributed by atoms with Gasteiger partial charge in [0.1, 0.15) is 11.6 Å². The molecule has 0 atom stereocenters. The molecule has 0 spiro atoms. The van der Waals surface area contributed by atoms with E-state index in [0.717, 1.165) is 10.1 Å². The van der Waals surface area contributed by atoms with Crippen LogP contribution in [0.25, 0.3) is 21.6 Å². The Morgan fingerprint density at radius 1 is 1.07 bits per heavy atom. The fourth-order valence-electron chi connectivity index (χ4n) is 2.70. The van der Waals surface area contributed by atoms with Crippen LogP contribution >= 0.6 is 11.3 Å². The second kappa shape index (κ2) is 7.24. The molecule has 0 aliphatic carbocycles. The molecule has 136 valence electrons. The zero-order chi connectivity index (χ0) is 18.8. The van der Waals surface area contributed by atoms with Crippen molar-refractivity contribution in [3.63, 3.8) is 0 Å². The molecular weight excluding hydrogens is 372 g/mol. The number of halogens is 2. The van der Waals surface area contributed by atoms with Gasteiger partial charge >= 0.3 is 12.5 Å². The number of carbonyl (C=O) groups excluding carboxylic acids is 1. The fourth-order valence-corrected chi connectivity index (χ4v) is 3.49. The van der Waals surface area contributed by atoms with Gasteiger partial charge in [-0.2, -0.15) is 8.78 Å². The summed E-state index contributed by atoms with van der Waals surface area (Å²) >= 11 is 1.31. The van der Waals surface area contributed by atoms with Crippen LogP contribution in [0.4, 0.5) is 8.78 Å². The summed E-state index contributed by atoms with van der Waals surface area (Å²) in [7, 11) is 0. The molecule has 0 radical (unpaired) electrons. The van der Waals surface area contributed by atoms with Gasteiger partial charge in [0, 0.05) is 10.9 Å². The minimum atomic E-state index is -2.78. The summed E-state index contributed by atoms with van der Waals surface area (Å²) in [6, 6.07) is 16.0. The minimum Gasteiger partial charge on any atom is -0.453 e. The Morgan fingerprint density at radius 3 is 2.59 bits per heavy atom. The molecule has 0 fully saturated rings. The van der Waals surface area contributed by atoms with E-state index < -0.39 is 12.5 Å². The molecule has 2 heterocycles. The topological polar surface area (TPSA) is 57.0 Å². The van der Waals surface area contributed by atoms with E-state index in [9.17, 15) is 13.6 Å². The van der Waals surface area contributed by atoms with E-state index in [4.69, 9.17) is 4.74 Å². The lowest BCUT2D eigenvalue weighted by Gasteiger charge is -2.07. The molecule has 0 amide bonds. The summed E-state index contributed by atoms with van der Waals surface area (Å²) in [5.41, 5.74) is 1.74. The van der Waals surface area contributed by atoms with E-state index in [-0.39, 0.29) is 18.1 Å². The first-order valence-electron chi connectivity index (χ1n) is 8.05. The van der Waals surface area contributed by atoms with Gasteiger partial charge in [-0.25, -0.2) is 14.8 Å². The maximum Gasteiger partial charge on any atom is 0.358 e. The molecular formula is C19H13F2N3O2S. The van der Waals surface area contributed by atoms with Crippen molar-refractivity contribution in [1.82, 2.24) is 14.5 Å². The normalized spacial score (nSPS) is 11.2. The highest BCUT2D eigenvalue weighted by molar-refractivity contribution is 7.13. The highest BCUT2D eigenvalue weighted by Gasteiger charge is 2.20. The first kappa shape index (κ1) is 17.3. The van der Waals surface area contributed by atoms with E-state index in [2.05, 4.69) is 9.97 Å². The number of ether oxygens (including phenoxy) is 1. The summed E-state index contributed by atoms with van der Waals surface area (Å²) < 4.78 is 32.7. The lowest BCUT2D eigenvalue weighted by Crippen LogP contribution is -2.11. The summed E-state index contributed by atoms with van der Waals surface area (Å²) in [5, 5.41) is 2.27. The molecule has 0 N–H and O–H groups in total. The fraction of sp³-hybridized carbons (Fsp3) is 0.105. The maximum atomic E-state index is 13.4. The van der Waals surface area contributed by atoms with Gasteiger partial charge in [0.05, 0.1) is 11.0 Å². The van der Waals surface area contributed by atoms with Gasteiger partial charge < -0.3 is 4.74 Å². The summed E-state index contributed by atoms with van der Waals surface area (Å²) in [6.07, 6.45) is 0. The summed E-state index contributed by atoms with van der Waals surface area (Å²) in [4.78, 5) is 20.7. The molecule has 5 nitrogen and oxygen atoms in total. The Balaban J connectivity index is 1.53. The molecule has 2 aromatic heterocycles. The van der Waals surface area contributed by atoms with Crippen LogP contribution in [0.2, 0.25) is 0 Å². The number of imidazole rings is 1. The molecule has 4 aromatic rings. The van der Waals surface area contributed by atoms with Crippen LogP contribution in [0.15, 0.2) is 60.0 Å². The number of benzene rings is 2. The number of nitrogens with zero attached hydrogens (tertiary/aromatic N) is 3. The quantitative estimate of drug-likeness (QED) is 0.458. The summed E-state index contributed by atoms with van der Waals surface area (Å²) in [5.74, 6) is -0.695. The van der Waals surface area contributed by atoms with Gasteiger partial charge in [0.25, 0.3) is 0 Å². The molecule has 8 heteroatoms. The molecule has 0 saturated heterocycles. The largest absolute Gasteiger partial charge is 0.453 e. The number of hydrogen-bond donors (Lipinski definition) is 0. The number of thiazole rings is 1. The van der Waals surface area contributed by atoms with Crippen LogP contribution < -0.4 is 0 Å². The zero-order valence-corrected chi connectivity index (χ0v) is 14.7. The van der Waals surface area contributed by atoms with Gasteiger partial charge in [-0.15, -0.1) is 11.3 Å². The Morgan fingerprint density at radius 2 is 1.81 bits per heavy atom. The average molecular weight is 385 g/mol. The van der Waals surface area contributed by atoms with Crippen molar-refractivity contribution < 1.29 is 18.3 Å². The molecule has 27 heavy (non-hydrogen) atoms. The van der Waals surface area contributed by atoms with Crippen LogP contribution in [-0.4, -0.2) is 20.5 Å². The number of rotatable bonds is 5. The highest BCUT2D eigenvalue weighted by atomic mass is 32.1. The van der Waals surface area contributed by atoms with E-state index in [1.807, 2.05) is 30.3 Å². The Bertz CT molecular complexity index is 1090. The standard InChI is InChI=1S/C19H13F2N3O2S/c20-19(21)24-15-9-5-4-8-13(15)22-16(24)10-26-18(25)14-11-27-17(23-14)12-6-2-1-3-7-12/h1-9,11,19H,10H2. The molecule has 0 unspecified atom stereocenters. The van der Waals surface area contributed by atoms with Crippen molar-refractivity contribution in [2.75, 3.05) is 0 Å². The SMILES string of the molecule is O=C(OCc1nc2ccccc2n1C(F)F)c1csc(-c2ccccc2)n1. The Labute approximate surface area is 156 Å². The van der Waals surface area contributed by atoms with Crippen LogP contribution in [0, 0.1) is 0 Å². The third kappa shape index (κ3) is 3.43. The van der Waals surface area contributed by atoms with Gasteiger partial charge in [0.15, 0.2) is 11.5 Å². The van der Waals surface area contributed by atoms with E-state index in [1.165, 1.54) is 11.3 Å². The van der Waals surface area contributed by atoms with Gasteiger partial charge in [-0.3, -0.25) is 4.57 Å². The smallest absolute Gasteiger partial charge is 0.358 e. The second-order valence-electron chi connectivity index (χ2n) is 5.64. The molecule has 2 aromatic carbocycles. The van der Waals surface area contributed by atoms with Crippen LogP contribution in [-0.2, 0) is 11.3 Å². The van der Waals surface area contributed by atoms with Crippen LogP contribution in [0.5, 0.6) is 0 Å². The maximum absolute atomic E-state index is 13.4. The van der Waals surface area contributed by atoms with E-state index in [1.54, 1.807) is 29.6 Å². The lowest BCUT2D eigenvalue weighted by molar-refractivity contribution is 0.0383. The zero-order valence-electron chi connectivity index (χ0n) is 13.9. The predicted molar refractivity (Wildman–Crippen MR) is 97.7 cm³/mol. The third-order valence-electron chi connectivity index (χ3n) is 3.93. The highest BCUT2D eigenvalue weighted by Crippen LogP contribution is 2.25. The van der Waals surface area contributed by atoms with Crippen molar-refractivity contribution >= 4 is 28.3 Å². The molecule has 0 aliphatic heterocycles. The van der Waals surface area contributed by atoms with E-state index >= 15 is 0 Å². The number of hydrogen-bond acceptors (Lipinski definition) is 5. The van der Waals surface area contributed by atoms with E-state index in [0.29, 0.717) is 16.0 Å². The molecule has 0 aliphatic rings. The monoisotopic (exact) mass is 385 g/mol. The van der Waals surface area contributed by atoms with Crippen molar-refractivity contribution in [2.45, 2.75) is 13.2 Å². The van der Waals surface area contributed by atoms with Crippen molar-refractivity contribution in [1.29, 1.82) is 0 Å². The lowest BCUT2D eigenvalue weighted by atomic mass is 10.2. The minimum absolute atomic E-state index is 0.0157. The average Bonchev–Trinajstić information content (AvgIpc) is 3.31. The van der Waals surface area contributed by atoms with Gasteiger partial charge in [-0.1, -0.05) is 42.5 Å². The Kier molecular flexibility index (Phi) is 4.64. The Hall–Kier alpha value is -3.13. The number of para-hydroxylation sites is 2. The van der Waals surface area contributed by atoms with Gasteiger partial charge in [-0.05, 0) is 12.1 Å². The number of carbonyl (C=O) groups is 1. The predicted octanol–water partition coefficient (Wildman–Crippen LogP) is 4.91. The van der Waals surface area contributed by atoms with Crippen molar-refractivity contribution in [3.05, 3.63) is 71.5 Å². The molecule has 0 saturated carbocycles. The van der Waals surface area contributed by atoms with Crippen molar-refractivity contribution in [2.24, 2.45) is 0 Å². The third-order valence-corrected chi connectivity index (χ3v) is 4.82. The second-order valence-corrected chi connectivity index (χ2v) is 6.50.